The predicted octanol–water partition coefficient (Wildman–Crippen LogP) is 1.15. The Balaban J connectivity index is 0.00000243. The van der Waals surface area contributed by atoms with Crippen LogP contribution in [0.5, 0.6) is 0 Å². The Morgan fingerprint density at radius 3 is 2.46 bits per heavy atom. The number of hydrogen-bond acceptors (Lipinski definition) is 4. The van der Waals surface area contributed by atoms with Gasteiger partial charge in [-0.15, -0.1) is 12.4 Å². The Morgan fingerprint density at radius 2 is 1.85 bits per heavy atom. The van der Waals surface area contributed by atoms with Crippen molar-refractivity contribution in [3.63, 3.8) is 0 Å². The number of hydrogen-bond donors (Lipinski definition) is 2. The van der Waals surface area contributed by atoms with Crippen LogP contribution in [0.25, 0.3) is 0 Å². The smallest absolute Gasteiger partial charge is 0.276 e. The first-order valence-corrected chi connectivity index (χ1v) is 10.3. The van der Waals surface area contributed by atoms with E-state index in [0.29, 0.717) is 31.0 Å². The molecule has 0 aromatic heterocycles. The molecule has 146 valence electrons. The van der Waals surface area contributed by atoms with Crippen molar-refractivity contribution in [1.82, 2.24) is 14.5 Å². The average Bonchev–Trinajstić information content (AvgIpc) is 2.61. The molecule has 3 rings (SSSR count). The van der Waals surface area contributed by atoms with E-state index in [9.17, 15) is 13.2 Å². The van der Waals surface area contributed by atoms with Gasteiger partial charge in [0.1, 0.15) is 0 Å². The third-order valence-electron chi connectivity index (χ3n) is 4.95. The molecule has 1 amide bonds. The largest absolute Gasteiger partial charge is 0.333 e. The van der Waals surface area contributed by atoms with Crippen molar-refractivity contribution >= 4 is 40.1 Å². The van der Waals surface area contributed by atoms with Crippen molar-refractivity contribution < 1.29 is 13.2 Å². The normalized spacial score (nSPS) is 22.7. The summed E-state index contributed by atoms with van der Waals surface area (Å²) in [4.78, 5) is 14.9. The minimum absolute atomic E-state index is 0. The molecule has 2 fully saturated rings. The number of piperidine rings is 1. The number of nitrogens with one attached hydrogen (secondary N) is 1. The van der Waals surface area contributed by atoms with Gasteiger partial charge < -0.3 is 10.2 Å². The van der Waals surface area contributed by atoms with Crippen molar-refractivity contribution in [1.29, 1.82) is 0 Å². The lowest BCUT2D eigenvalue weighted by Crippen LogP contribution is -2.52. The van der Waals surface area contributed by atoms with Crippen LogP contribution in [-0.4, -0.2) is 56.3 Å². The topological polar surface area (TPSA) is 95.7 Å². The van der Waals surface area contributed by atoms with Gasteiger partial charge in [0.2, 0.25) is 5.91 Å². The highest BCUT2D eigenvalue weighted by molar-refractivity contribution is 7.86. The van der Waals surface area contributed by atoms with Gasteiger partial charge in [-0.1, -0.05) is 29.8 Å². The summed E-state index contributed by atoms with van der Waals surface area (Å²) >= 11 is 6.33. The molecule has 1 aromatic carbocycles. The first-order valence-electron chi connectivity index (χ1n) is 8.41. The third kappa shape index (κ3) is 4.68. The molecule has 0 aliphatic carbocycles. The van der Waals surface area contributed by atoms with Crippen LogP contribution >= 0.6 is 24.0 Å². The second-order valence-corrected chi connectivity index (χ2v) is 8.44. The molecule has 7 nitrogen and oxygen atoms in total. The van der Waals surface area contributed by atoms with E-state index >= 15 is 0 Å². The molecule has 1 unspecified atom stereocenters. The number of rotatable bonds is 3. The highest BCUT2D eigenvalue weighted by Crippen LogP contribution is 2.31. The van der Waals surface area contributed by atoms with Crippen molar-refractivity contribution in [2.45, 2.75) is 18.9 Å². The van der Waals surface area contributed by atoms with E-state index in [0.717, 1.165) is 12.1 Å². The van der Waals surface area contributed by atoms with Crippen LogP contribution in [0.4, 0.5) is 0 Å². The molecule has 2 aliphatic heterocycles. The highest BCUT2D eigenvalue weighted by Gasteiger charge is 2.36. The summed E-state index contributed by atoms with van der Waals surface area (Å²) in [7, 11) is -3.68. The number of piperazine rings is 1. The third-order valence-corrected chi connectivity index (χ3v) is 6.38. The number of halogens is 2. The van der Waals surface area contributed by atoms with Crippen LogP contribution < -0.4 is 10.5 Å². The van der Waals surface area contributed by atoms with E-state index in [2.05, 4.69) is 5.32 Å². The zero-order chi connectivity index (χ0) is 18.0. The Labute approximate surface area is 165 Å². The standard InChI is InChI=1S/C16H23ClN4O3S.ClH/c17-14-4-2-1-3-13(14)15-11-19-7-10-21(15)16(22)12-5-8-20(9-6-12)25(18,23)24;/h1-4,12,15,19H,5-11H2,(H2,18,23,24);1H. The minimum atomic E-state index is -3.68. The van der Waals surface area contributed by atoms with E-state index in [-0.39, 0.29) is 43.4 Å². The van der Waals surface area contributed by atoms with Crippen molar-refractivity contribution in [2.75, 3.05) is 32.7 Å². The van der Waals surface area contributed by atoms with E-state index in [1.54, 1.807) is 0 Å². The zero-order valence-electron chi connectivity index (χ0n) is 14.3. The first-order chi connectivity index (χ1) is 11.9. The number of nitrogens with two attached hydrogens (primary N) is 1. The summed E-state index contributed by atoms with van der Waals surface area (Å²) in [6, 6.07) is 7.47. The molecular formula is C16H24Cl2N4O3S. The highest BCUT2D eigenvalue weighted by atomic mass is 35.5. The van der Waals surface area contributed by atoms with E-state index in [1.807, 2.05) is 29.2 Å². The molecule has 0 spiro atoms. The monoisotopic (exact) mass is 422 g/mol. The van der Waals surface area contributed by atoms with Gasteiger partial charge in [0.25, 0.3) is 10.2 Å². The molecule has 0 radical (unpaired) electrons. The van der Waals surface area contributed by atoms with Gasteiger partial charge >= 0.3 is 0 Å². The number of carbonyl (C=O) groups excluding carboxylic acids is 1. The predicted molar refractivity (Wildman–Crippen MR) is 103 cm³/mol. The number of carbonyl (C=O) groups is 1. The number of nitrogens with zero attached hydrogens (tertiary/aromatic N) is 2. The average molecular weight is 423 g/mol. The van der Waals surface area contributed by atoms with Gasteiger partial charge in [0.05, 0.1) is 6.04 Å². The van der Waals surface area contributed by atoms with E-state index in [1.165, 1.54) is 4.31 Å². The quantitative estimate of drug-likeness (QED) is 0.763. The lowest BCUT2D eigenvalue weighted by molar-refractivity contribution is -0.140. The van der Waals surface area contributed by atoms with Gasteiger partial charge in [-0.25, -0.2) is 5.14 Å². The lowest BCUT2D eigenvalue weighted by atomic mass is 9.94. The molecule has 2 aliphatic rings. The fourth-order valence-electron chi connectivity index (χ4n) is 3.58. The molecule has 26 heavy (non-hydrogen) atoms. The van der Waals surface area contributed by atoms with Crippen LogP contribution in [-0.2, 0) is 15.0 Å². The van der Waals surface area contributed by atoms with Crippen molar-refractivity contribution in [3.8, 4) is 0 Å². The summed E-state index contributed by atoms with van der Waals surface area (Å²) in [5.41, 5.74) is 0.937. The van der Waals surface area contributed by atoms with Gasteiger partial charge in [-0.05, 0) is 24.5 Å². The van der Waals surface area contributed by atoms with Gasteiger partial charge in [-0.2, -0.15) is 12.7 Å². The lowest BCUT2D eigenvalue weighted by Gasteiger charge is -2.40. The van der Waals surface area contributed by atoms with Gasteiger partial charge in [0, 0.05) is 43.7 Å². The summed E-state index contributed by atoms with van der Waals surface area (Å²) in [6.07, 6.45) is 0.989. The first kappa shape index (κ1) is 21.4. The Morgan fingerprint density at radius 1 is 1.19 bits per heavy atom. The Kier molecular flexibility index (Phi) is 7.29. The maximum absolute atomic E-state index is 13.1. The molecule has 0 bridgehead atoms. The summed E-state index contributed by atoms with van der Waals surface area (Å²) in [5, 5.41) is 9.14. The maximum Gasteiger partial charge on any atom is 0.276 e. The van der Waals surface area contributed by atoms with Crippen LogP contribution in [0, 0.1) is 5.92 Å². The molecule has 1 aromatic rings. The molecular weight excluding hydrogens is 399 g/mol. The summed E-state index contributed by atoms with van der Waals surface area (Å²) < 4.78 is 24.1. The van der Waals surface area contributed by atoms with Crippen molar-refractivity contribution in [2.24, 2.45) is 11.1 Å². The molecule has 0 saturated carbocycles. The van der Waals surface area contributed by atoms with Crippen molar-refractivity contribution in [3.05, 3.63) is 34.9 Å². The van der Waals surface area contributed by atoms with E-state index < -0.39 is 10.2 Å². The van der Waals surface area contributed by atoms with Gasteiger partial charge in [0.15, 0.2) is 0 Å². The minimum Gasteiger partial charge on any atom is -0.333 e. The summed E-state index contributed by atoms with van der Waals surface area (Å²) in [6.45, 7) is 2.59. The molecule has 3 N–H and O–H groups in total. The van der Waals surface area contributed by atoms with Crippen LogP contribution in [0.15, 0.2) is 24.3 Å². The van der Waals surface area contributed by atoms with Crippen LogP contribution in [0.2, 0.25) is 5.02 Å². The van der Waals surface area contributed by atoms with Crippen LogP contribution in [0.1, 0.15) is 24.4 Å². The second-order valence-electron chi connectivity index (χ2n) is 6.49. The number of benzene rings is 1. The Hall–Kier alpha value is -0.900. The molecule has 2 heterocycles. The molecule has 10 heteroatoms. The summed E-state index contributed by atoms with van der Waals surface area (Å²) in [5.74, 6) is -0.110. The maximum atomic E-state index is 13.1. The van der Waals surface area contributed by atoms with Gasteiger partial charge in [-0.3, -0.25) is 4.79 Å². The SMILES string of the molecule is Cl.NS(=O)(=O)N1CCC(C(=O)N2CCNCC2c2ccccc2Cl)CC1. The fourth-order valence-corrected chi connectivity index (χ4v) is 4.56. The number of amides is 1. The van der Waals surface area contributed by atoms with Crippen LogP contribution in [0.3, 0.4) is 0 Å². The second kappa shape index (κ2) is 8.86. The Bertz CT molecular complexity index is 739. The molecule has 1 atom stereocenters. The van der Waals surface area contributed by atoms with E-state index in [4.69, 9.17) is 16.7 Å². The zero-order valence-corrected chi connectivity index (χ0v) is 16.7. The molecule has 2 saturated heterocycles. The fraction of sp³-hybridized carbons (Fsp3) is 0.562.